The van der Waals surface area contributed by atoms with Crippen LogP contribution in [-0.4, -0.2) is 18.5 Å². The van der Waals surface area contributed by atoms with E-state index in [1.807, 2.05) is 6.92 Å². The molecule has 0 spiro atoms. The summed E-state index contributed by atoms with van der Waals surface area (Å²) >= 11 is 0. The molecule has 0 saturated carbocycles. The first-order chi connectivity index (χ1) is 12.7. The van der Waals surface area contributed by atoms with Crippen molar-refractivity contribution in [2.75, 3.05) is 6.54 Å². The molecule has 0 bridgehead atoms. The standard InChI is InChI=1S/C22H44N2O2/c1-3-5-6-7-8-9-10-11-12-13-14-15-16-17-18-19-21(25)24-22(26)23-20-4-2/h3-20H2,1-2H3,(H2,23,24,25,26). The van der Waals surface area contributed by atoms with Crippen molar-refractivity contribution in [2.24, 2.45) is 0 Å². The third kappa shape index (κ3) is 19.3. The SMILES string of the molecule is CCCCCCCCCCCCCCCCCC(=O)NC(=O)NCCC. The second kappa shape index (κ2) is 20.3. The van der Waals surface area contributed by atoms with Crippen molar-refractivity contribution in [1.29, 1.82) is 0 Å². The summed E-state index contributed by atoms with van der Waals surface area (Å²) in [6.07, 6.45) is 21.1. The van der Waals surface area contributed by atoms with Gasteiger partial charge in [-0.15, -0.1) is 0 Å². The van der Waals surface area contributed by atoms with Gasteiger partial charge in [-0.05, 0) is 12.8 Å². The van der Waals surface area contributed by atoms with Crippen LogP contribution in [0.4, 0.5) is 4.79 Å². The third-order valence-corrected chi connectivity index (χ3v) is 4.80. The lowest BCUT2D eigenvalue weighted by molar-refractivity contribution is -0.120. The Morgan fingerprint density at radius 3 is 1.42 bits per heavy atom. The lowest BCUT2D eigenvalue weighted by atomic mass is 10.0. The number of urea groups is 1. The molecule has 0 saturated heterocycles. The molecule has 0 atom stereocenters. The Morgan fingerprint density at radius 1 is 0.577 bits per heavy atom. The van der Waals surface area contributed by atoms with Gasteiger partial charge in [-0.1, -0.05) is 104 Å². The smallest absolute Gasteiger partial charge is 0.321 e. The van der Waals surface area contributed by atoms with Gasteiger partial charge in [0.2, 0.25) is 5.91 Å². The largest absolute Gasteiger partial charge is 0.338 e. The van der Waals surface area contributed by atoms with E-state index >= 15 is 0 Å². The second-order valence-electron chi connectivity index (χ2n) is 7.50. The quantitative estimate of drug-likeness (QED) is 0.272. The molecule has 0 aliphatic rings. The van der Waals surface area contributed by atoms with E-state index < -0.39 is 0 Å². The molecule has 4 heteroatoms. The van der Waals surface area contributed by atoms with E-state index in [4.69, 9.17) is 0 Å². The zero-order valence-electron chi connectivity index (χ0n) is 17.5. The molecule has 3 amide bonds. The molecule has 0 rings (SSSR count). The van der Waals surface area contributed by atoms with Crippen molar-refractivity contribution in [3.63, 3.8) is 0 Å². The lowest BCUT2D eigenvalue weighted by Crippen LogP contribution is -2.39. The highest BCUT2D eigenvalue weighted by Crippen LogP contribution is 2.13. The normalized spacial score (nSPS) is 10.7. The fourth-order valence-corrected chi connectivity index (χ4v) is 3.13. The van der Waals surface area contributed by atoms with Crippen LogP contribution in [0.3, 0.4) is 0 Å². The number of amides is 3. The van der Waals surface area contributed by atoms with Crippen LogP contribution in [0.1, 0.15) is 123 Å². The van der Waals surface area contributed by atoms with Crippen LogP contribution in [0.25, 0.3) is 0 Å². The van der Waals surface area contributed by atoms with E-state index in [-0.39, 0.29) is 11.9 Å². The minimum atomic E-state index is -0.363. The van der Waals surface area contributed by atoms with Gasteiger partial charge in [0, 0.05) is 13.0 Å². The van der Waals surface area contributed by atoms with Crippen molar-refractivity contribution >= 4 is 11.9 Å². The fourth-order valence-electron chi connectivity index (χ4n) is 3.13. The Labute approximate surface area is 162 Å². The highest BCUT2D eigenvalue weighted by atomic mass is 16.2. The maximum absolute atomic E-state index is 11.6. The Balaban J connectivity index is 3.19. The molecular weight excluding hydrogens is 324 g/mol. The summed E-state index contributed by atoms with van der Waals surface area (Å²) in [7, 11) is 0. The topological polar surface area (TPSA) is 58.2 Å². The Morgan fingerprint density at radius 2 is 1.00 bits per heavy atom. The molecule has 2 N–H and O–H groups in total. The van der Waals surface area contributed by atoms with E-state index in [1.54, 1.807) is 0 Å². The monoisotopic (exact) mass is 368 g/mol. The van der Waals surface area contributed by atoms with Crippen molar-refractivity contribution < 1.29 is 9.59 Å². The van der Waals surface area contributed by atoms with Gasteiger partial charge in [-0.25, -0.2) is 4.79 Å². The summed E-state index contributed by atoms with van der Waals surface area (Å²) in [5, 5.41) is 5.02. The van der Waals surface area contributed by atoms with E-state index in [9.17, 15) is 9.59 Å². The van der Waals surface area contributed by atoms with Gasteiger partial charge in [-0.3, -0.25) is 10.1 Å². The minimum Gasteiger partial charge on any atom is -0.338 e. The predicted molar refractivity (Wildman–Crippen MR) is 111 cm³/mol. The van der Waals surface area contributed by atoms with Crippen LogP contribution in [-0.2, 0) is 4.79 Å². The van der Waals surface area contributed by atoms with Crippen LogP contribution >= 0.6 is 0 Å². The summed E-state index contributed by atoms with van der Waals surface area (Å²) < 4.78 is 0. The summed E-state index contributed by atoms with van der Waals surface area (Å²) in [6.45, 7) is 4.86. The number of carbonyl (C=O) groups is 2. The minimum absolute atomic E-state index is 0.159. The zero-order chi connectivity index (χ0) is 19.3. The van der Waals surface area contributed by atoms with Crippen LogP contribution in [0.2, 0.25) is 0 Å². The first kappa shape index (κ1) is 24.9. The maximum atomic E-state index is 11.6. The van der Waals surface area contributed by atoms with Gasteiger partial charge in [-0.2, -0.15) is 0 Å². The van der Waals surface area contributed by atoms with Crippen LogP contribution in [0.15, 0.2) is 0 Å². The number of hydrogen-bond donors (Lipinski definition) is 2. The fraction of sp³-hybridized carbons (Fsp3) is 0.909. The molecule has 0 unspecified atom stereocenters. The van der Waals surface area contributed by atoms with E-state index in [0.717, 1.165) is 19.3 Å². The van der Waals surface area contributed by atoms with Crippen LogP contribution in [0.5, 0.6) is 0 Å². The average Bonchev–Trinajstić information content (AvgIpc) is 2.63. The number of nitrogens with one attached hydrogen (secondary N) is 2. The van der Waals surface area contributed by atoms with Crippen molar-refractivity contribution in [2.45, 2.75) is 123 Å². The number of carbonyl (C=O) groups excluding carboxylic acids is 2. The van der Waals surface area contributed by atoms with Gasteiger partial charge in [0.1, 0.15) is 0 Å². The molecule has 0 aliphatic carbocycles. The second-order valence-corrected chi connectivity index (χ2v) is 7.50. The third-order valence-electron chi connectivity index (χ3n) is 4.80. The van der Waals surface area contributed by atoms with Gasteiger partial charge in [0.15, 0.2) is 0 Å². The van der Waals surface area contributed by atoms with Crippen molar-refractivity contribution in [3.8, 4) is 0 Å². The van der Waals surface area contributed by atoms with Gasteiger partial charge in [0.25, 0.3) is 0 Å². The molecule has 26 heavy (non-hydrogen) atoms. The Kier molecular flexibility index (Phi) is 19.4. The zero-order valence-corrected chi connectivity index (χ0v) is 17.5. The molecule has 0 aromatic carbocycles. The number of unbranched alkanes of at least 4 members (excludes halogenated alkanes) is 14. The number of imide groups is 1. The van der Waals surface area contributed by atoms with Gasteiger partial charge in [0.05, 0.1) is 0 Å². The molecule has 154 valence electrons. The molecule has 4 nitrogen and oxygen atoms in total. The van der Waals surface area contributed by atoms with E-state index in [2.05, 4.69) is 17.6 Å². The molecule has 0 heterocycles. The average molecular weight is 369 g/mol. The first-order valence-electron chi connectivity index (χ1n) is 11.3. The van der Waals surface area contributed by atoms with E-state index in [0.29, 0.717) is 13.0 Å². The summed E-state index contributed by atoms with van der Waals surface area (Å²) in [4.78, 5) is 22.9. The maximum Gasteiger partial charge on any atom is 0.321 e. The molecule has 0 aromatic heterocycles. The van der Waals surface area contributed by atoms with E-state index in [1.165, 1.54) is 83.5 Å². The van der Waals surface area contributed by atoms with Crippen molar-refractivity contribution in [3.05, 3.63) is 0 Å². The molecule has 0 radical (unpaired) electrons. The number of hydrogen-bond acceptors (Lipinski definition) is 2. The molecule has 0 fully saturated rings. The molecular formula is C22H44N2O2. The van der Waals surface area contributed by atoms with Gasteiger partial charge < -0.3 is 5.32 Å². The molecule has 0 aromatic rings. The summed E-state index contributed by atoms with van der Waals surface area (Å²) in [5.41, 5.74) is 0. The van der Waals surface area contributed by atoms with Crippen LogP contribution < -0.4 is 10.6 Å². The first-order valence-corrected chi connectivity index (χ1v) is 11.3. The predicted octanol–water partition coefficient (Wildman–Crippen LogP) is 6.48. The lowest BCUT2D eigenvalue weighted by Gasteiger charge is -2.05. The highest BCUT2D eigenvalue weighted by Gasteiger charge is 2.05. The van der Waals surface area contributed by atoms with Gasteiger partial charge >= 0.3 is 6.03 Å². The Bertz CT molecular complexity index is 332. The van der Waals surface area contributed by atoms with Crippen molar-refractivity contribution in [1.82, 2.24) is 10.6 Å². The summed E-state index contributed by atoms with van der Waals surface area (Å²) in [5.74, 6) is -0.159. The highest BCUT2D eigenvalue weighted by molar-refractivity contribution is 5.94. The van der Waals surface area contributed by atoms with Crippen LogP contribution in [0, 0.1) is 0 Å². The Hall–Kier alpha value is -1.06. The summed E-state index contributed by atoms with van der Waals surface area (Å²) in [6, 6.07) is -0.363. The molecule has 0 aliphatic heterocycles. The number of rotatable bonds is 18.